The van der Waals surface area contributed by atoms with Crippen LogP contribution in [0.2, 0.25) is 0 Å². The summed E-state index contributed by atoms with van der Waals surface area (Å²) < 4.78 is 5.54. The van der Waals surface area contributed by atoms with Crippen molar-refractivity contribution in [2.45, 2.75) is 78.4 Å². The number of carbonyl (C=O) groups is 1. The molecule has 0 saturated carbocycles. The first-order valence-corrected chi connectivity index (χ1v) is 10.3. The molecular formula is C20H43N3O2. The minimum atomic E-state index is 0. The van der Waals surface area contributed by atoms with Gasteiger partial charge in [-0.2, -0.15) is 0 Å². The summed E-state index contributed by atoms with van der Waals surface area (Å²) in [4.78, 5) is 16.8. The molecule has 0 unspecified atom stereocenters. The van der Waals surface area contributed by atoms with Crippen LogP contribution in [0.3, 0.4) is 0 Å². The Kier molecular flexibility index (Phi) is 12.1. The van der Waals surface area contributed by atoms with Gasteiger partial charge in [-0.15, -0.1) is 0 Å². The van der Waals surface area contributed by atoms with Crippen molar-refractivity contribution in [1.29, 1.82) is 0 Å². The molecule has 1 rings (SSSR count). The van der Waals surface area contributed by atoms with E-state index < -0.39 is 0 Å². The van der Waals surface area contributed by atoms with E-state index in [4.69, 9.17) is 4.74 Å². The molecule has 5 nitrogen and oxygen atoms in total. The van der Waals surface area contributed by atoms with E-state index >= 15 is 0 Å². The zero-order valence-corrected chi connectivity index (χ0v) is 17.1. The highest BCUT2D eigenvalue weighted by molar-refractivity contribution is 5.76. The standard InChI is InChI=1S/C20H41N3O2.H2/c1-18(2)21-11-9-12-22-13-15-23(16-14-22)20(24)10-7-5-6-8-17-25-19(3)4;/h18-19,21H,5-17H2,1-4H3;1H. The molecule has 0 aromatic heterocycles. The van der Waals surface area contributed by atoms with Gasteiger partial charge in [-0.05, 0) is 46.2 Å². The van der Waals surface area contributed by atoms with Crippen LogP contribution in [0.15, 0.2) is 0 Å². The molecule has 25 heavy (non-hydrogen) atoms. The molecule has 0 bridgehead atoms. The number of amides is 1. The number of carbonyl (C=O) groups excluding carboxylic acids is 1. The highest BCUT2D eigenvalue weighted by Gasteiger charge is 2.20. The van der Waals surface area contributed by atoms with Crippen LogP contribution in [-0.2, 0) is 9.53 Å². The fourth-order valence-electron chi connectivity index (χ4n) is 3.12. The summed E-state index contributed by atoms with van der Waals surface area (Å²) in [5.41, 5.74) is 0. The second-order valence-electron chi connectivity index (χ2n) is 7.77. The van der Waals surface area contributed by atoms with Gasteiger partial charge >= 0.3 is 0 Å². The molecule has 1 aliphatic rings. The molecule has 0 aliphatic carbocycles. The van der Waals surface area contributed by atoms with E-state index in [2.05, 4.69) is 42.8 Å². The van der Waals surface area contributed by atoms with E-state index in [1.54, 1.807) is 0 Å². The normalized spacial score (nSPS) is 16.2. The number of unbranched alkanes of at least 4 members (excludes halogenated alkanes) is 3. The van der Waals surface area contributed by atoms with Crippen molar-refractivity contribution in [2.75, 3.05) is 45.9 Å². The lowest BCUT2D eigenvalue weighted by Crippen LogP contribution is -2.49. The van der Waals surface area contributed by atoms with E-state index in [-0.39, 0.29) is 1.43 Å². The van der Waals surface area contributed by atoms with Gasteiger partial charge in [0.2, 0.25) is 5.91 Å². The van der Waals surface area contributed by atoms with Crippen molar-refractivity contribution < 1.29 is 11.0 Å². The van der Waals surface area contributed by atoms with E-state index in [1.165, 1.54) is 6.42 Å². The lowest BCUT2D eigenvalue weighted by Gasteiger charge is -2.35. The second-order valence-corrected chi connectivity index (χ2v) is 7.77. The van der Waals surface area contributed by atoms with Crippen molar-refractivity contribution in [3.63, 3.8) is 0 Å². The molecule has 0 atom stereocenters. The summed E-state index contributed by atoms with van der Waals surface area (Å²) in [5, 5.41) is 3.46. The monoisotopic (exact) mass is 357 g/mol. The minimum Gasteiger partial charge on any atom is -0.379 e. The Morgan fingerprint density at radius 1 is 1.00 bits per heavy atom. The highest BCUT2D eigenvalue weighted by Crippen LogP contribution is 2.09. The Morgan fingerprint density at radius 3 is 2.32 bits per heavy atom. The van der Waals surface area contributed by atoms with Gasteiger partial charge in [-0.25, -0.2) is 0 Å². The van der Waals surface area contributed by atoms with Gasteiger partial charge in [0.05, 0.1) is 6.10 Å². The Bertz CT molecular complexity index is 346. The molecular weight excluding hydrogens is 314 g/mol. The smallest absolute Gasteiger partial charge is 0.222 e. The Balaban J connectivity index is 0.00000625. The van der Waals surface area contributed by atoms with Crippen LogP contribution < -0.4 is 5.32 Å². The van der Waals surface area contributed by atoms with Crippen molar-refractivity contribution in [1.82, 2.24) is 15.1 Å². The zero-order valence-electron chi connectivity index (χ0n) is 17.1. The van der Waals surface area contributed by atoms with Gasteiger partial charge in [0, 0.05) is 46.7 Å². The fourth-order valence-corrected chi connectivity index (χ4v) is 3.12. The zero-order chi connectivity index (χ0) is 18.5. The van der Waals surface area contributed by atoms with Crippen molar-refractivity contribution in [3.05, 3.63) is 0 Å². The molecule has 150 valence electrons. The minimum absolute atomic E-state index is 0. The maximum atomic E-state index is 12.3. The van der Waals surface area contributed by atoms with Crippen LogP contribution in [0.5, 0.6) is 0 Å². The Labute approximate surface area is 156 Å². The molecule has 0 aromatic rings. The third-order valence-corrected chi connectivity index (χ3v) is 4.66. The van der Waals surface area contributed by atoms with Gasteiger partial charge in [-0.3, -0.25) is 9.69 Å². The third-order valence-electron chi connectivity index (χ3n) is 4.66. The third kappa shape index (κ3) is 11.6. The number of ether oxygens (including phenoxy) is 1. The highest BCUT2D eigenvalue weighted by atomic mass is 16.5. The summed E-state index contributed by atoms with van der Waals surface area (Å²) in [6.45, 7) is 15.4. The Morgan fingerprint density at radius 2 is 1.68 bits per heavy atom. The van der Waals surface area contributed by atoms with Gasteiger partial charge in [0.25, 0.3) is 0 Å². The number of rotatable bonds is 13. The van der Waals surface area contributed by atoms with E-state index in [0.717, 1.165) is 71.6 Å². The fraction of sp³-hybridized carbons (Fsp3) is 0.950. The predicted octanol–water partition coefficient (Wildman–Crippen LogP) is 3.14. The van der Waals surface area contributed by atoms with Crippen LogP contribution >= 0.6 is 0 Å². The molecule has 1 amide bonds. The molecule has 1 fully saturated rings. The number of hydrogen-bond acceptors (Lipinski definition) is 4. The van der Waals surface area contributed by atoms with Gasteiger partial charge in [-0.1, -0.05) is 26.7 Å². The average molecular weight is 358 g/mol. The molecule has 5 heteroatoms. The van der Waals surface area contributed by atoms with E-state index in [0.29, 0.717) is 24.5 Å². The molecule has 1 N–H and O–H groups in total. The molecule has 1 heterocycles. The summed E-state index contributed by atoms with van der Waals surface area (Å²) in [6, 6.07) is 0.567. The molecule has 1 saturated heterocycles. The van der Waals surface area contributed by atoms with E-state index in [9.17, 15) is 4.79 Å². The predicted molar refractivity (Wildman–Crippen MR) is 107 cm³/mol. The molecule has 0 aromatic carbocycles. The number of nitrogens with one attached hydrogen (secondary N) is 1. The van der Waals surface area contributed by atoms with Crippen molar-refractivity contribution in [3.8, 4) is 0 Å². The first kappa shape index (κ1) is 22.4. The largest absolute Gasteiger partial charge is 0.379 e. The lowest BCUT2D eigenvalue weighted by molar-refractivity contribution is -0.133. The summed E-state index contributed by atoms with van der Waals surface area (Å²) in [6.07, 6.45) is 6.65. The van der Waals surface area contributed by atoms with Crippen molar-refractivity contribution >= 4 is 5.91 Å². The Hall–Kier alpha value is -0.650. The van der Waals surface area contributed by atoms with Crippen molar-refractivity contribution in [2.24, 2.45) is 0 Å². The molecule has 0 radical (unpaired) electrons. The summed E-state index contributed by atoms with van der Waals surface area (Å²) in [5.74, 6) is 0.347. The van der Waals surface area contributed by atoms with Gasteiger partial charge in [0.15, 0.2) is 0 Å². The second kappa shape index (κ2) is 13.5. The number of hydrogen-bond donors (Lipinski definition) is 1. The lowest BCUT2D eigenvalue weighted by atomic mass is 10.1. The van der Waals surface area contributed by atoms with Crippen LogP contribution in [0.25, 0.3) is 0 Å². The van der Waals surface area contributed by atoms with E-state index in [1.807, 2.05) is 0 Å². The number of piperazine rings is 1. The van der Waals surface area contributed by atoms with Crippen LogP contribution in [0.1, 0.15) is 67.6 Å². The summed E-state index contributed by atoms with van der Waals surface area (Å²) >= 11 is 0. The van der Waals surface area contributed by atoms with Gasteiger partial charge < -0.3 is 15.0 Å². The maximum Gasteiger partial charge on any atom is 0.222 e. The van der Waals surface area contributed by atoms with Crippen LogP contribution in [0, 0.1) is 0 Å². The first-order valence-electron chi connectivity index (χ1n) is 10.3. The SMILES string of the molecule is CC(C)NCCCN1CCN(C(=O)CCCCCCOC(C)C)CC1.[HH]. The average Bonchev–Trinajstić information content (AvgIpc) is 2.57. The summed E-state index contributed by atoms with van der Waals surface area (Å²) in [7, 11) is 0. The number of nitrogens with zero attached hydrogens (tertiary/aromatic N) is 2. The molecule has 0 spiro atoms. The van der Waals surface area contributed by atoms with Gasteiger partial charge in [0.1, 0.15) is 0 Å². The first-order chi connectivity index (χ1) is 12.0. The molecule has 1 aliphatic heterocycles. The van der Waals surface area contributed by atoms with Crippen LogP contribution in [0.4, 0.5) is 0 Å². The quantitative estimate of drug-likeness (QED) is 0.514. The van der Waals surface area contributed by atoms with Crippen LogP contribution in [-0.4, -0.2) is 73.7 Å². The maximum absolute atomic E-state index is 12.3. The topological polar surface area (TPSA) is 44.8 Å².